The summed E-state index contributed by atoms with van der Waals surface area (Å²) < 4.78 is 0.871. The van der Waals surface area contributed by atoms with Crippen LogP contribution in [-0.4, -0.2) is 42.2 Å². The molecule has 0 aromatic heterocycles. The fourth-order valence-corrected chi connectivity index (χ4v) is 2.11. The third-order valence-electron chi connectivity index (χ3n) is 3.34. The van der Waals surface area contributed by atoms with Crippen LogP contribution in [0.2, 0.25) is 0 Å². The normalized spacial score (nSPS) is 12.5. The number of halogens is 1. The Labute approximate surface area is 122 Å². The zero-order valence-corrected chi connectivity index (χ0v) is 13.2. The first-order chi connectivity index (χ1) is 8.95. The largest absolute Gasteiger partial charge is 0.478 e. The van der Waals surface area contributed by atoms with E-state index in [1.807, 2.05) is 0 Å². The van der Waals surface area contributed by atoms with E-state index in [0.29, 0.717) is 17.3 Å². The Morgan fingerprint density at radius 2 is 2.21 bits per heavy atom. The molecule has 19 heavy (non-hydrogen) atoms. The summed E-state index contributed by atoms with van der Waals surface area (Å²) in [4.78, 5) is 13.4. The van der Waals surface area contributed by atoms with E-state index < -0.39 is 5.97 Å². The number of hydrogen-bond donors (Lipinski definition) is 2. The summed E-state index contributed by atoms with van der Waals surface area (Å²) in [5.41, 5.74) is 0.953. The molecule has 1 unspecified atom stereocenters. The number of carbonyl (C=O) groups is 1. The summed E-state index contributed by atoms with van der Waals surface area (Å²) in [6, 6.07) is 5.67. The molecule has 0 aliphatic heterocycles. The van der Waals surface area contributed by atoms with Crippen LogP contribution < -0.4 is 5.32 Å². The van der Waals surface area contributed by atoms with Gasteiger partial charge in [0.15, 0.2) is 0 Å². The van der Waals surface area contributed by atoms with Gasteiger partial charge in [-0.15, -0.1) is 0 Å². The molecule has 1 rings (SSSR count). The van der Waals surface area contributed by atoms with Gasteiger partial charge in [-0.3, -0.25) is 0 Å². The first kappa shape index (κ1) is 16.0. The number of anilines is 1. The van der Waals surface area contributed by atoms with E-state index in [9.17, 15) is 4.79 Å². The van der Waals surface area contributed by atoms with Gasteiger partial charge in [0.1, 0.15) is 0 Å². The third-order valence-corrected chi connectivity index (χ3v) is 3.83. The van der Waals surface area contributed by atoms with Crippen LogP contribution in [0.15, 0.2) is 22.7 Å². The van der Waals surface area contributed by atoms with E-state index in [1.54, 1.807) is 18.2 Å². The van der Waals surface area contributed by atoms with Crippen molar-refractivity contribution in [2.75, 3.05) is 25.5 Å². The van der Waals surface area contributed by atoms with Gasteiger partial charge in [-0.1, -0.05) is 22.9 Å². The van der Waals surface area contributed by atoms with E-state index in [1.165, 1.54) is 0 Å². The Bertz CT molecular complexity index is 437. The molecule has 0 aliphatic rings. The summed E-state index contributed by atoms with van der Waals surface area (Å²) in [6.07, 6.45) is 1.10. The van der Waals surface area contributed by atoms with Gasteiger partial charge in [0, 0.05) is 29.3 Å². The van der Waals surface area contributed by atoms with Gasteiger partial charge in [0.05, 0.1) is 5.56 Å². The fraction of sp³-hybridized carbons (Fsp3) is 0.500. The predicted molar refractivity (Wildman–Crippen MR) is 82.0 cm³/mol. The molecule has 0 amide bonds. The Kier molecular flexibility index (Phi) is 6.31. The first-order valence-electron chi connectivity index (χ1n) is 6.42. The highest BCUT2D eigenvalue weighted by molar-refractivity contribution is 9.10. The van der Waals surface area contributed by atoms with Crippen molar-refractivity contribution < 1.29 is 9.90 Å². The highest BCUT2D eigenvalue weighted by Gasteiger charge is 2.11. The molecule has 4 nitrogen and oxygen atoms in total. The third kappa shape index (κ3) is 4.84. The van der Waals surface area contributed by atoms with Crippen LogP contribution in [0.25, 0.3) is 0 Å². The lowest BCUT2D eigenvalue weighted by atomic mass is 10.2. The Morgan fingerprint density at radius 3 is 2.79 bits per heavy atom. The van der Waals surface area contributed by atoms with Crippen LogP contribution in [-0.2, 0) is 0 Å². The van der Waals surface area contributed by atoms with E-state index in [4.69, 9.17) is 5.11 Å². The second-order valence-electron chi connectivity index (χ2n) is 4.66. The van der Waals surface area contributed by atoms with Gasteiger partial charge in [-0.05, 0) is 38.6 Å². The standard InChI is InChI=1S/C14H21BrN2O2/c1-4-10(2)17(3)8-7-16-13-9-11(15)5-6-12(13)14(18)19/h5-6,9-10,16H,4,7-8H2,1-3H3,(H,18,19). The zero-order valence-electron chi connectivity index (χ0n) is 11.6. The Hall–Kier alpha value is -1.07. The van der Waals surface area contributed by atoms with Gasteiger partial charge in [-0.2, -0.15) is 0 Å². The van der Waals surface area contributed by atoms with Gasteiger partial charge >= 0.3 is 5.97 Å². The minimum absolute atomic E-state index is 0.300. The van der Waals surface area contributed by atoms with Gasteiger partial charge in [0.25, 0.3) is 0 Å². The Morgan fingerprint density at radius 1 is 1.53 bits per heavy atom. The van der Waals surface area contributed by atoms with Crippen LogP contribution in [0, 0.1) is 0 Å². The first-order valence-corrected chi connectivity index (χ1v) is 7.22. The maximum Gasteiger partial charge on any atom is 0.337 e. The lowest BCUT2D eigenvalue weighted by Gasteiger charge is -2.23. The molecule has 5 heteroatoms. The number of rotatable bonds is 7. The lowest BCUT2D eigenvalue weighted by Crippen LogP contribution is -2.32. The molecule has 1 aromatic rings. The minimum Gasteiger partial charge on any atom is -0.478 e. The molecule has 1 aromatic carbocycles. The topological polar surface area (TPSA) is 52.6 Å². The van der Waals surface area contributed by atoms with Crippen molar-refractivity contribution in [1.29, 1.82) is 0 Å². The smallest absolute Gasteiger partial charge is 0.337 e. The van der Waals surface area contributed by atoms with Crippen LogP contribution in [0.1, 0.15) is 30.6 Å². The highest BCUT2D eigenvalue weighted by Crippen LogP contribution is 2.21. The minimum atomic E-state index is -0.912. The van der Waals surface area contributed by atoms with Crippen molar-refractivity contribution in [1.82, 2.24) is 4.90 Å². The van der Waals surface area contributed by atoms with Crippen LogP contribution >= 0.6 is 15.9 Å². The number of carboxylic acid groups (broad SMARTS) is 1. The molecule has 0 radical (unpaired) electrons. The maximum absolute atomic E-state index is 11.1. The van der Waals surface area contributed by atoms with Crippen molar-refractivity contribution >= 4 is 27.6 Å². The molecule has 0 bridgehead atoms. The molecular formula is C14H21BrN2O2. The molecule has 0 saturated heterocycles. The van der Waals surface area contributed by atoms with E-state index in [-0.39, 0.29) is 0 Å². The summed E-state index contributed by atoms with van der Waals surface area (Å²) >= 11 is 3.36. The molecule has 0 aliphatic carbocycles. The van der Waals surface area contributed by atoms with E-state index in [0.717, 1.165) is 24.0 Å². The number of carboxylic acids is 1. The molecule has 106 valence electrons. The number of nitrogens with zero attached hydrogens (tertiary/aromatic N) is 1. The number of aromatic carboxylic acids is 1. The van der Waals surface area contributed by atoms with E-state index >= 15 is 0 Å². The maximum atomic E-state index is 11.1. The highest BCUT2D eigenvalue weighted by atomic mass is 79.9. The van der Waals surface area contributed by atoms with Crippen molar-refractivity contribution in [3.05, 3.63) is 28.2 Å². The van der Waals surface area contributed by atoms with Crippen molar-refractivity contribution in [3.8, 4) is 0 Å². The van der Waals surface area contributed by atoms with Crippen molar-refractivity contribution in [2.24, 2.45) is 0 Å². The second-order valence-corrected chi connectivity index (χ2v) is 5.58. The summed E-state index contributed by atoms with van der Waals surface area (Å²) in [6.45, 7) is 5.94. The van der Waals surface area contributed by atoms with Crippen LogP contribution in [0.4, 0.5) is 5.69 Å². The molecule has 2 N–H and O–H groups in total. The fourth-order valence-electron chi connectivity index (χ4n) is 1.75. The molecular weight excluding hydrogens is 308 g/mol. The second kappa shape index (κ2) is 7.50. The lowest BCUT2D eigenvalue weighted by molar-refractivity contribution is 0.0698. The molecule has 0 spiro atoms. The quantitative estimate of drug-likeness (QED) is 0.806. The monoisotopic (exact) mass is 328 g/mol. The van der Waals surface area contributed by atoms with E-state index in [2.05, 4.69) is 47.0 Å². The summed E-state index contributed by atoms with van der Waals surface area (Å²) in [5.74, 6) is -0.912. The zero-order chi connectivity index (χ0) is 14.4. The molecule has 0 fully saturated rings. The van der Waals surface area contributed by atoms with Crippen LogP contribution in [0.5, 0.6) is 0 Å². The number of nitrogens with one attached hydrogen (secondary N) is 1. The summed E-state index contributed by atoms with van der Waals surface area (Å²) in [7, 11) is 2.08. The molecule has 0 saturated carbocycles. The molecule has 1 atom stereocenters. The predicted octanol–water partition coefficient (Wildman–Crippen LogP) is 3.29. The summed E-state index contributed by atoms with van der Waals surface area (Å²) in [5, 5.41) is 12.3. The molecule has 0 heterocycles. The van der Waals surface area contributed by atoms with Crippen molar-refractivity contribution in [3.63, 3.8) is 0 Å². The number of likely N-dealkylation sites (N-methyl/N-ethyl adjacent to an activating group) is 1. The number of hydrogen-bond acceptors (Lipinski definition) is 3. The van der Waals surface area contributed by atoms with Gasteiger partial charge in [-0.25, -0.2) is 4.79 Å². The SMILES string of the molecule is CCC(C)N(C)CCNc1cc(Br)ccc1C(=O)O. The number of benzene rings is 1. The van der Waals surface area contributed by atoms with Crippen LogP contribution in [0.3, 0.4) is 0 Å². The van der Waals surface area contributed by atoms with Gasteiger partial charge in [0.2, 0.25) is 0 Å². The van der Waals surface area contributed by atoms with Crippen molar-refractivity contribution in [2.45, 2.75) is 26.3 Å². The average Bonchev–Trinajstić information content (AvgIpc) is 2.37. The Balaban J connectivity index is 2.62. The van der Waals surface area contributed by atoms with Gasteiger partial charge < -0.3 is 15.3 Å². The average molecular weight is 329 g/mol.